The summed E-state index contributed by atoms with van der Waals surface area (Å²) in [6, 6.07) is 5.47. The number of ether oxygens (including phenoxy) is 1. The molecule has 12 heteroatoms. The lowest BCUT2D eigenvalue weighted by Gasteiger charge is -2.45. The van der Waals surface area contributed by atoms with E-state index in [9.17, 15) is 28.7 Å². The van der Waals surface area contributed by atoms with Gasteiger partial charge in [0.1, 0.15) is 17.2 Å². The molecule has 0 spiro atoms. The van der Waals surface area contributed by atoms with Crippen LogP contribution in [0.3, 0.4) is 0 Å². The number of amides is 3. The number of likely N-dealkylation sites (N-methyl/N-ethyl adjacent to an activating group) is 2. The van der Waals surface area contributed by atoms with Gasteiger partial charge in [-0.05, 0) is 37.5 Å². The number of hydrogen-bond acceptors (Lipinski definition) is 7. The SMILES string of the molecule is CN(C)C(=O)C(=O)N(C)C12CCC(C)(Cn3c1nc(C(=O)NCc1ccc(F)cc1)c(O)c3=O)OC2. The van der Waals surface area contributed by atoms with Gasteiger partial charge in [0, 0.05) is 27.7 Å². The third kappa shape index (κ3) is 4.21. The molecule has 1 aromatic carbocycles. The van der Waals surface area contributed by atoms with E-state index in [0.717, 1.165) is 4.90 Å². The van der Waals surface area contributed by atoms with Crippen molar-refractivity contribution in [2.24, 2.45) is 0 Å². The lowest BCUT2D eigenvalue weighted by molar-refractivity contribution is -0.165. The smallest absolute Gasteiger partial charge is 0.312 e. The average Bonchev–Trinajstić information content (AvgIpc) is 3.06. The van der Waals surface area contributed by atoms with Gasteiger partial charge in [-0.25, -0.2) is 9.37 Å². The fourth-order valence-electron chi connectivity index (χ4n) is 4.56. The van der Waals surface area contributed by atoms with Crippen molar-refractivity contribution in [3.8, 4) is 5.75 Å². The molecule has 3 aliphatic rings. The molecule has 36 heavy (non-hydrogen) atoms. The van der Waals surface area contributed by atoms with Crippen LogP contribution in [0.4, 0.5) is 4.39 Å². The Balaban J connectivity index is 1.77. The van der Waals surface area contributed by atoms with Gasteiger partial charge < -0.3 is 25.0 Å². The summed E-state index contributed by atoms with van der Waals surface area (Å²) in [7, 11) is 4.33. The predicted octanol–water partition coefficient (Wildman–Crippen LogP) is 0.343. The number of fused-ring (bicyclic) bond motifs is 2. The molecule has 0 radical (unpaired) electrons. The monoisotopic (exact) mass is 501 g/mol. The molecule has 3 aliphatic heterocycles. The molecule has 11 nitrogen and oxygen atoms in total. The largest absolute Gasteiger partial charge is 0.501 e. The van der Waals surface area contributed by atoms with E-state index in [4.69, 9.17) is 4.74 Å². The Labute approximate surface area is 206 Å². The second-order valence-corrected chi connectivity index (χ2v) is 9.67. The second-order valence-electron chi connectivity index (χ2n) is 9.67. The van der Waals surface area contributed by atoms with Crippen molar-refractivity contribution >= 4 is 17.7 Å². The normalized spacial score (nSPS) is 22.4. The van der Waals surface area contributed by atoms with Gasteiger partial charge in [-0.15, -0.1) is 0 Å². The quantitative estimate of drug-likeness (QED) is 0.577. The van der Waals surface area contributed by atoms with E-state index in [1.165, 1.54) is 54.9 Å². The first-order valence-electron chi connectivity index (χ1n) is 11.4. The fourth-order valence-corrected chi connectivity index (χ4v) is 4.56. The van der Waals surface area contributed by atoms with E-state index in [2.05, 4.69) is 10.3 Å². The summed E-state index contributed by atoms with van der Waals surface area (Å²) in [6.07, 6.45) is 0.761. The summed E-state index contributed by atoms with van der Waals surface area (Å²) < 4.78 is 20.4. The number of benzene rings is 1. The Morgan fingerprint density at radius 2 is 1.83 bits per heavy atom. The van der Waals surface area contributed by atoms with Crippen LogP contribution in [0.25, 0.3) is 0 Å². The Morgan fingerprint density at radius 1 is 1.17 bits per heavy atom. The van der Waals surface area contributed by atoms with Crippen LogP contribution in [0, 0.1) is 5.82 Å². The molecule has 2 aromatic rings. The highest BCUT2D eigenvalue weighted by atomic mass is 19.1. The Kier molecular flexibility index (Phi) is 6.33. The molecule has 2 N–H and O–H groups in total. The van der Waals surface area contributed by atoms with Gasteiger partial charge in [-0.3, -0.25) is 23.7 Å². The van der Waals surface area contributed by atoms with E-state index in [0.29, 0.717) is 18.4 Å². The van der Waals surface area contributed by atoms with Crippen LogP contribution in [0.2, 0.25) is 0 Å². The third-order valence-corrected chi connectivity index (χ3v) is 6.90. The summed E-state index contributed by atoms with van der Waals surface area (Å²) in [4.78, 5) is 58.5. The van der Waals surface area contributed by atoms with Gasteiger partial charge in [0.15, 0.2) is 5.69 Å². The van der Waals surface area contributed by atoms with E-state index >= 15 is 0 Å². The zero-order valence-electron chi connectivity index (χ0n) is 20.5. The Bertz CT molecular complexity index is 1280. The molecular weight excluding hydrogens is 473 g/mol. The minimum absolute atomic E-state index is 0.000696. The van der Waals surface area contributed by atoms with Gasteiger partial charge in [0.25, 0.3) is 11.5 Å². The molecule has 2 unspecified atom stereocenters. The number of aromatic hydroxyl groups is 1. The maximum absolute atomic E-state index is 13.3. The van der Waals surface area contributed by atoms with Crippen LogP contribution >= 0.6 is 0 Å². The highest BCUT2D eigenvalue weighted by Crippen LogP contribution is 2.44. The second kappa shape index (κ2) is 9.01. The predicted molar refractivity (Wildman–Crippen MR) is 124 cm³/mol. The molecule has 1 fully saturated rings. The minimum Gasteiger partial charge on any atom is -0.501 e. The summed E-state index contributed by atoms with van der Waals surface area (Å²) >= 11 is 0. The molecule has 1 aromatic heterocycles. The van der Waals surface area contributed by atoms with Crippen LogP contribution in [-0.2, 0) is 33.0 Å². The van der Waals surface area contributed by atoms with Crippen molar-refractivity contribution in [2.45, 2.75) is 44.0 Å². The highest BCUT2D eigenvalue weighted by molar-refractivity contribution is 6.34. The number of carbonyl (C=O) groups excluding carboxylic acids is 3. The molecule has 0 aliphatic carbocycles. The molecule has 2 bridgehead atoms. The van der Waals surface area contributed by atoms with E-state index < -0.39 is 51.7 Å². The summed E-state index contributed by atoms with van der Waals surface area (Å²) in [5, 5.41) is 13.2. The molecule has 192 valence electrons. The number of nitrogens with one attached hydrogen (secondary N) is 1. The third-order valence-electron chi connectivity index (χ3n) is 6.90. The minimum atomic E-state index is -1.32. The molecule has 1 saturated heterocycles. The van der Waals surface area contributed by atoms with Crippen LogP contribution in [0.5, 0.6) is 5.75 Å². The van der Waals surface area contributed by atoms with Crippen LogP contribution < -0.4 is 10.9 Å². The van der Waals surface area contributed by atoms with Crippen molar-refractivity contribution in [2.75, 3.05) is 27.7 Å². The Hall–Kier alpha value is -3.80. The van der Waals surface area contributed by atoms with Crippen LogP contribution in [-0.4, -0.2) is 75.5 Å². The Morgan fingerprint density at radius 3 is 2.42 bits per heavy atom. The van der Waals surface area contributed by atoms with Gasteiger partial charge in [0.2, 0.25) is 5.75 Å². The maximum Gasteiger partial charge on any atom is 0.312 e. The first-order valence-corrected chi connectivity index (χ1v) is 11.4. The number of rotatable bonds is 4. The molecular formula is C24H28FN5O6. The number of halogens is 1. The molecule has 2 atom stereocenters. The number of hydrogen-bond donors (Lipinski definition) is 2. The summed E-state index contributed by atoms with van der Waals surface area (Å²) in [5.74, 6) is -3.63. The maximum atomic E-state index is 13.3. The topological polar surface area (TPSA) is 134 Å². The van der Waals surface area contributed by atoms with E-state index in [1.54, 1.807) is 0 Å². The van der Waals surface area contributed by atoms with Crippen molar-refractivity contribution in [1.82, 2.24) is 24.7 Å². The van der Waals surface area contributed by atoms with E-state index in [-0.39, 0.29) is 25.5 Å². The first kappa shape index (κ1) is 25.3. The van der Waals surface area contributed by atoms with Crippen molar-refractivity contribution in [1.29, 1.82) is 0 Å². The van der Waals surface area contributed by atoms with Gasteiger partial charge in [0.05, 0.1) is 18.8 Å². The number of nitrogens with zero attached hydrogens (tertiary/aromatic N) is 4. The summed E-state index contributed by atoms with van der Waals surface area (Å²) in [5.41, 5.74) is -2.86. The molecule has 3 amide bonds. The fraction of sp³-hybridized carbons (Fsp3) is 0.458. The van der Waals surface area contributed by atoms with Crippen molar-refractivity contribution in [3.05, 3.63) is 57.5 Å². The van der Waals surface area contributed by atoms with Gasteiger partial charge in [-0.1, -0.05) is 12.1 Å². The molecule has 0 saturated carbocycles. The number of carbonyl (C=O) groups is 3. The van der Waals surface area contributed by atoms with E-state index in [1.807, 2.05) is 6.92 Å². The standard InChI is InChI=1S/C24H28FN5O6/c1-23-9-10-24(13-36-23,29(4)21(35)20(34)28(2)3)22-27-16(17(31)19(33)30(22)12-23)18(32)26-11-14-5-7-15(25)8-6-14/h5-8,31H,9-13H2,1-4H3,(H,26,32). The first-order chi connectivity index (χ1) is 16.9. The lowest BCUT2D eigenvalue weighted by atomic mass is 9.84. The number of aromatic nitrogens is 2. The van der Waals surface area contributed by atoms with Crippen LogP contribution in [0.1, 0.15) is 41.6 Å². The highest BCUT2D eigenvalue weighted by Gasteiger charge is 2.54. The van der Waals surface area contributed by atoms with Crippen molar-refractivity contribution < 1.29 is 28.6 Å². The zero-order chi connectivity index (χ0) is 26.4. The van der Waals surface area contributed by atoms with Gasteiger partial charge >= 0.3 is 11.8 Å². The molecule has 4 heterocycles. The zero-order valence-corrected chi connectivity index (χ0v) is 20.5. The lowest BCUT2D eigenvalue weighted by Crippen LogP contribution is -2.57. The summed E-state index contributed by atoms with van der Waals surface area (Å²) in [6.45, 7) is 1.80. The molecule has 5 rings (SSSR count). The van der Waals surface area contributed by atoms with Gasteiger partial charge in [-0.2, -0.15) is 0 Å². The van der Waals surface area contributed by atoms with Crippen LogP contribution in [0.15, 0.2) is 29.1 Å². The van der Waals surface area contributed by atoms with Crippen molar-refractivity contribution in [3.63, 3.8) is 0 Å². The average molecular weight is 502 g/mol.